The normalized spacial score (nSPS) is 12.6. The van der Waals surface area contributed by atoms with E-state index in [4.69, 9.17) is 0 Å². The van der Waals surface area contributed by atoms with Crippen LogP contribution < -0.4 is 5.32 Å². The average molecular weight is 243 g/mol. The molecule has 1 aliphatic rings. The summed E-state index contributed by atoms with van der Waals surface area (Å²) in [4.78, 5) is 0. The molecule has 4 heteroatoms. The smallest absolute Gasteiger partial charge is 0.0208 e. The molecule has 0 bridgehead atoms. The van der Waals surface area contributed by atoms with Crippen molar-refractivity contribution in [3.8, 4) is 0 Å². The second-order valence-electron chi connectivity index (χ2n) is 2.70. The zero-order valence-corrected chi connectivity index (χ0v) is 9.60. The molecule has 0 aliphatic carbocycles. The molecule has 1 aliphatic heterocycles. The van der Waals surface area contributed by atoms with Gasteiger partial charge in [0, 0.05) is 6.54 Å². The molecule has 0 radical (unpaired) electrons. The van der Waals surface area contributed by atoms with E-state index in [1.54, 1.807) is 0 Å². The highest BCUT2D eigenvalue weighted by Crippen LogP contribution is 2.11. The molecule has 0 saturated heterocycles. The van der Waals surface area contributed by atoms with Gasteiger partial charge < -0.3 is 5.32 Å². The monoisotopic (exact) mass is 241 g/mol. The van der Waals surface area contributed by atoms with E-state index in [0.717, 1.165) is 13.1 Å². The summed E-state index contributed by atoms with van der Waals surface area (Å²) >= 11 is 0. The maximum atomic E-state index is 3.34. The zero-order chi connectivity index (χ0) is 6.81. The van der Waals surface area contributed by atoms with Gasteiger partial charge in [-0.05, 0) is 24.1 Å². The SMILES string of the molecule is Cl.Cl.Cl.c1ccc2c(c1)CCNC2. The van der Waals surface area contributed by atoms with Crippen molar-refractivity contribution in [2.24, 2.45) is 0 Å². The molecule has 2 rings (SSSR count). The lowest BCUT2D eigenvalue weighted by atomic mass is 10.0. The van der Waals surface area contributed by atoms with Crippen LogP contribution in [0.1, 0.15) is 11.1 Å². The molecule has 0 saturated carbocycles. The van der Waals surface area contributed by atoms with Gasteiger partial charge in [0.25, 0.3) is 0 Å². The Bertz CT molecular complexity index is 215. The minimum Gasteiger partial charge on any atom is -0.312 e. The second-order valence-corrected chi connectivity index (χ2v) is 2.70. The van der Waals surface area contributed by atoms with Crippen LogP contribution in [0, 0.1) is 0 Å². The number of fused-ring (bicyclic) bond motifs is 1. The topological polar surface area (TPSA) is 12.0 Å². The van der Waals surface area contributed by atoms with Crippen molar-refractivity contribution in [1.82, 2.24) is 5.32 Å². The van der Waals surface area contributed by atoms with Crippen LogP contribution in [-0.2, 0) is 13.0 Å². The molecular formula is C9H14Cl3N. The molecule has 0 atom stereocenters. The van der Waals surface area contributed by atoms with E-state index in [1.165, 1.54) is 17.5 Å². The fraction of sp³-hybridized carbons (Fsp3) is 0.333. The standard InChI is InChI=1S/C9H11N.3ClH/c1-2-4-9-7-10-6-5-8(9)3-1;;;/h1-4,10H,5-7H2;3*1H. The van der Waals surface area contributed by atoms with Gasteiger partial charge in [-0.25, -0.2) is 0 Å². The van der Waals surface area contributed by atoms with Gasteiger partial charge in [-0.15, -0.1) is 37.2 Å². The Kier molecular flexibility index (Phi) is 8.90. The van der Waals surface area contributed by atoms with Crippen LogP contribution in [0.3, 0.4) is 0 Å². The number of hydrogen-bond acceptors (Lipinski definition) is 1. The van der Waals surface area contributed by atoms with Crippen molar-refractivity contribution in [1.29, 1.82) is 0 Å². The Balaban J connectivity index is 0. The number of nitrogens with one attached hydrogen (secondary N) is 1. The predicted octanol–water partition coefficient (Wildman–Crippen LogP) is 2.60. The number of halogens is 3. The van der Waals surface area contributed by atoms with E-state index in [2.05, 4.69) is 29.6 Å². The molecule has 1 heterocycles. The van der Waals surface area contributed by atoms with Crippen LogP contribution >= 0.6 is 37.2 Å². The summed E-state index contributed by atoms with van der Waals surface area (Å²) in [6, 6.07) is 8.63. The summed E-state index contributed by atoms with van der Waals surface area (Å²) in [5.41, 5.74) is 2.98. The first kappa shape index (κ1) is 15.5. The molecule has 76 valence electrons. The molecular weight excluding hydrogens is 228 g/mol. The molecule has 1 N–H and O–H groups in total. The first-order chi connectivity index (χ1) is 4.97. The Morgan fingerprint density at radius 2 is 1.54 bits per heavy atom. The molecule has 1 aromatic carbocycles. The van der Waals surface area contributed by atoms with Crippen molar-refractivity contribution in [2.75, 3.05) is 6.54 Å². The van der Waals surface area contributed by atoms with Gasteiger partial charge >= 0.3 is 0 Å². The van der Waals surface area contributed by atoms with Crippen LogP contribution in [0.2, 0.25) is 0 Å². The van der Waals surface area contributed by atoms with E-state index in [-0.39, 0.29) is 37.2 Å². The van der Waals surface area contributed by atoms with Crippen molar-refractivity contribution < 1.29 is 0 Å². The molecule has 0 spiro atoms. The second kappa shape index (κ2) is 7.45. The van der Waals surface area contributed by atoms with E-state index in [0.29, 0.717) is 0 Å². The first-order valence-electron chi connectivity index (χ1n) is 3.74. The maximum Gasteiger partial charge on any atom is 0.0208 e. The summed E-state index contributed by atoms with van der Waals surface area (Å²) in [5.74, 6) is 0. The van der Waals surface area contributed by atoms with Gasteiger partial charge in [0.1, 0.15) is 0 Å². The Hall–Kier alpha value is 0.0500. The van der Waals surface area contributed by atoms with Gasteiger partial charge in [-0.1, -0.05) is 24.3 Å². The van der Waals surface area contributed by atoms with Crippen LogP contribution in [0.25, 0.3) is 0 Å². The minimum atomic E-state index is 0. The van der Waals surface area contributed by atoms with Crippen molar-refractivity contribution >= 4 is 37.2 Å². The van der Waals surface area contributed by atoms with Crippen molar-refractivity contribution in [3.05, 3.63) is 35.4 Å². The van der Waals surface area contributed by atoms with Gasteiger partial charge in [-0.3, -0.25) is 0 Å². The van der Waals surface area contributed by atoms with Crippen molar-refractivity contribution in [3.63, 3.8) is 0 Å². The summed E-state index contributed by atoms with van der Waals surface area (Å²) in [6.07, 6.45) is 1.19. The van der Waals surface area contributed by atoms with Gasteiger partial charge in [-0.2, -0.15) is 0 Å². The van der Waals surface area contributed by atoms with E-state index >= 15 is 0 Å². The predicted molar refractivity (Wildman–Crippen MR) is 63.6 cm³/mol. The third kappa shape index (κ3) is 3.74. The summed E-state index contributed by atoms with van der Waals surface area (Å²) in [6.45, 7) is 2.19. The highest BCUT2D eigenvalue weighted by molar-refractivity contribution is 5.86. The highest BCUT2D eigenvalue weighted by atomic mass is 35.5. The molecule has 1 aromatic rings. The van der Waals surface area contributed by atoms with Gasteiger partial charge in [0.15, 0.2) is 0 Å². The average Bonchev–Trinajstić information content (AvgIpc) is 2.05. The van der Waals surface area contributed by atoms with E-state index in [9.17, 15) is 0 Å². The molecule has 13 heavy (non-hydrogen) atoms. The molecule has 0 aromatic heterocycles. The molecule has 0 amide bonds. The zero-order valence-electron chi connectivity index (χ0n) is 7.16. The quantitative estimate of drug-likeness (QED) is 0.737. The minimum absolute atomic E-state index is 0. The van der Waals surface area contributed by atoms with Crippen molar-refractivity contribution in [2.45, 2.75) is 13.0 Å². The Morgan fingerprint density at radius 3 is 2.15 bits per heavy atom. The van der Waals surface area contributed by atoms with Gasteiger partial charge in [0.05, 0.1) is 0 Å². The first-order valence-corrected chi connectivity index (χ1v) is 3.74. The number of benzene rings is 1. The number of hydrogen-bond donors (Lipinski definition) is 1. The van der Waals surface area contributed by atoms with Crippen LogP contribution in [0.4, 0.5) is 0 Å². The van der Waals surface area contributed by atoms with E-state index < -0.39 is 0 Å². The third-order valence-corrected chi connectivity index (χ3v) is 2.00. The lowest BCUT2D eigenvalue weighted by Crippen LogP contribution is -2.23. The Morgan fingerprint density at radius 1 is 0.923 bits per heavy atom. The maximum absolute atomic E-state index is 3.34. The Labute approximate surface area is 97.5 Å². The summed E-state index contributed by atoms with van der Waals surface area (Å²) < 4.78 is 0. The number of rotatable bonds is 0. The molecule has 0 unspecified atom stereocenters. The largest absolute Gasteiger partial charge is 0.312 e. The summed E-state index contributed by atoms with van der Waals surface area (Å²) in [5, 5.41) is 3.34. The highest BCUT2D eigenvalue weighted by Gasteiger charge is 2.05. The van der Waals surface area contributed by atoms with Crippen LogP contribution in [-0.4, -0.2) is 6.54 Å². The molecule has 0 fully saturated rings. The van der Waals surface area contributed by atoms with Crippen LogP contribution in [0.5, 0.6) is 0 Å². The molecule has 1 nitrogen and oxygen atoms in total. The van der Waals surface area contributed by atoms with Gasteiger partial charge in [0.2, 0.25) is 0 Å². The fourth-order valence-electron chi connectivity index (χ4n) is 1.42. The van der Waals surface area contributed by atoms with Crippen LogP contribution in [0.15, 0.2) is 24.3 Å². The lowest BCUT2D eigenvalue weighted by Gasteiger charge is -2.15. The van der Waals surface area contributed by atoms with E-state index in [1.807, 2.05) is 0 Å². The fourth-order valence-corrected chi connectivity index (χ4v) is 1.42. The third-order valence-electron chi connectivity index (χ3n) is 2.00. The summed E-state index contributed by atoms with van der Waals surface area (Å²) in [7, 11) is 0. The lowest BCUT2D eigenvalue weighted by molar-refractivity contribution is 0.644.